The lowest BCUT2D eigenvalue weighted by molar-refractivity contribution is -0.137. The quantitative estimate of drug-likeness (QED) is 0.379. The molecule has 0 aliphatic carbocycles. The summed E-state index contributed by atoms with van der Waals surface area (Å²) in [6.07, 6.45) is -3.35. The van der Waals surface area contributed by atoms with Crippen molar-refractivity contribution < 1.29 is 27.4 Å². The summed E-state index contributed by atoms with van der Waals surface area (Å²) in [7, 11) is 1.48. The molecule has 3 rings (SSSR count). The normalized spacial score (nSPS) is 11.1. The first kappa shape index (κ1) is 24.3. The van der Waals surface area contributed by atoms with Gasteiger partial charge in [-0.15, -0.1) is 0 Å². The highest BCUT2D eigenvalue weighted by Gasteiger charge is 2.30. The molecule has 0 bridgehead atoms. The van der Waals surface area contributed by atoms with Crippen LogP contribution in [0.5, 0.6) is 11.5 Å². The molecule has 0 fully saturated rings. The van der Waals surface area contributed by atoms with Gasteiger partial charge in [0.2, 0.25) is 5.91 Å². The van der Waals surface area contributed by atoms with Crippen LogP contribution in [0.2, 0.25) is 0 Å². The van der Waals surface area contributed by atoms with Crippen LogP contribution in [0, 0.1) is 11.3 Å². The number of carbonyl (C=O) groups excluding carboxylic acids is 1. The zero-order valence-electron chi connectivity index (χ0n) is 18.1. The van der Waals surface area contributed by atoms with Crippen molar-refractivity contribution >= 4 is 12.1 Å². The third-order valence-corrected chi connectivity index (χ3v) is 4.73. The van der Waals surface area contributed by atoms with E-state index in [9.17, 15) is 23.2 Å². The van der Waals surface area contributed by atoms with Gasteiger partial charge in [0.25, 0.3) is 0 Å². The number of hydrazone groups is 1. The molecule has 1 amide bonds. The number of nitrogens with zero attached hydrogens (tertiary/aromatic N) is 2. The summed E-state index contributed by atoms with van der Waals surface area (Å²) in [5, 5.41) is 13.0. The average Bonchev–Trinajstić information content (AvgIpc) is 2.82. The van der Waals surface area contributed by atoms with Crippen LogP contribution in [-0.2, 0) is 24.0 Å². The first-order chi connectivity index (χ1) is 16.3. The van der Waals surface area contributed by atoms with Gasteiger partial charge < -0.3 is 9.47 Å². The van der Waals surface area contributed by atoms with Crippen LogP contribution in [0.15, 0.2) is 71.8 Å². The van der Waals surface area contributed by atoms with Gasteiger partial charge in [0, 0.05) is 5.56 Å². The van der Waals surface area contributed by atoms with Crippen LogP contribution in [0.3, 0.4) is 0 Å². The van der Waals surface area contributed by atoms with E-state index in [2.05, 4.69) is 16.6 Å². The molecule has 34 heavy (non-hydrogen) atoms. The van der Waals surface area contributed by atoms with E-state index in [4.69, 9.17) is 9.47 Å². The summed E-state index contributed by atoms with van der Waals surface area (Å²) in [6.45, 7) is 0.180. The number of hydrogen-bond donors (Lipinski definition) is 1. The Morgan fingerprint density at radius 2 is 1.88 bits per heavy atom. The number of amides is 1. The van der Waals surface area contributed by atoms with E-state index in [1.54, 1.807) is 36.4 Å². The maximum absolute atomic E-state index is 12.8. The second kappa shape index (κ2) is 11.0. The lowest BCUT2D eigenvalue weighted by Gasteiger charge is -2.12. The lowest BCUT2D eigenvalue weighted by atomic mass is 10.1. The summed E-state index contributed by atoms with van der Waals surface area (Å²) in [6, 6.07) is 18.8. The van der Waals surface area contributed by atoms with Gasteiger partial charge in [-0.1, -0.05) is 36.4 Å². The Morgan fingerprint density at radius 3 is 2.62 bits per heavy atom. The van der Waals surface area contributed by atoms with E-state index in [1.165, 1.54) is 25.5 Å². The molecule has 0 spiro atoms. The molecule has 3 aromatic carbocycles. The number of halogens is 3. The molecular formula is C25H20F3N3O3. The second-order valence-corrected chi connectivity index (χ2v) is 7.14. The van der Waals surface area contributed by atoms with Crippen molar-refractivity contribution in [3.05, 3.63) is 94.5 Å². The molecule has 9 heteroatoms. The minimum absolute atomic E-state index is 0.180. The molecule has 0 aromatic heterocycles. The van der Waals surface area contributed by atoms with E-state index >= 15 is 0 Å². The van der Waals surface area contributed by atoms with Gasteiger partial charge in [0.1, 0.15) is 6.61 Å². The van der Waals surface area contributed by atoms with Crippen molar-refractivity contribution in [1.29, 1.82) is 5.26 Å². The number of methoxy groups -OCH3 is 1. The summed E-state index contributed by atoms with van der Waals surface area (Å²) < 4.78 is 49.5. The summed E-state index contributed by atoms with van der Waals surface area (Å²) in [4.78, 5) is 12.0. The monoisotopic (exact) mass is 467 g/mol. The average molecular weight is 467 g/mol. The Balaban J connectivity index is 1.60. The lowest BCUT2D eigenvalue weighted by Crippen LogP contribution is -2.20. The highest BCUT2D eigenvalue weighted by Crippen LogP contribution is 2.30. The van der Waals surface area contributed by atoms with Crippen molar-refractivity contribution in [3.63, 3.8) is 0 Å². The number of ether oxygens (including phenoxy) is 2. The van der Waals surface area contributed by atoms with Gasteiger partial charge in [-0.2, -0.15) is 23.5 Å². The molecule has 0 unspecified atom stereocenters. The molecule has 174 valence electrons. The van der Waals surface area contributed by atoms with Crippen LogP contribution < -0.4 is 14.9 Å². The topological polar surface area (TPSA) is 83.7 Å². The van der Waals surface area contributed by atoms with Gasteiger partial charge in [-0.25, -0.2) is 5.43 Å². The number of alkyl halides is 3. The zero-order valence-corrected chi connectivity index (χ0v) is 18.1. The highest BCUT2D eigenvalue weighted by molar-refractivity contribution is 5.84. The molecule has 3 aromatic rings. The largest absolute Gasteiger partial charge is 0.493 e. The molecule has 0 saturated carbocycles. The minimum atomic E-state index is -4.47. The molecule has 0 saturated heterocycles. The first-order valence-electron chi connectivity index (χ1n) is 10.1. The Morgan fingerprint density at radius 1 is 1.09 bits per heavy atom. The number of hydrogen-bond acceptors (Lipinski definition) is 5. The van der Waals surface area contributed by atoms with Gasteiger partial charge in [0.15, 0.2) is 11.5 Å². The maximum Gasteiger partial charge on any atom is 0.416 e. The van der Waals surface area contributed by atoms with Crippen molar-refractivity contribution in [2.24, 2.45) is 5.10 Å². The van der Waals surface area contributed by atoms with Crippen LogP contribution in [0.1, 0.15) is 27.8 Å². The van der Waals surface area contributed by atoms with E-state index < -0.39 is 17.6 Å². The third-order valence-electron chi connectivity index (χ3n) is 4.73. The minimum Gasteiger partial charge on any atom is -0.493 e. The van der Waals surface area contributed by atoms with Crippen molar-refractivity contribution in [2.45, 2.75) is 19.2 Å². The Kier molecular flexibility index (Phi) is 7.88. The molecule has 0 aliphatic rings. The Hall–Kier alpha value is -4.32. The maximum atomic E-state index is 12.8. The molecule has 0 radical (unpaired) electrons. The van der Waals surface area contributed by atoms with Crippen LogP contribution >= 0.6 is 0 Å². The fourth-order valence-electron chi connectivity index (χ4n) is 3.06. The third kappa shape index (κ3) is 6.59. The van der Waals surface area contributed by atoms with E-state index in [0.717, 1.165) is 17.7 Å². The number of nitrogens with one attached hydrogen (secondary N) is 1. The van der Waals surface area contributed by atoms with Gasteiger partial charge in [0.05, 0.1) is 36.9 Å². The number of carbonyl (C=O) groups is 1. The molecule has 1 N–H and O–H groups in total. The highest BCUT2D eigenvalue weighted by atomic mass is 19.4. The Labute approximate surface area is 194 Å². The molecule has 0 aliphatic heterocycles. The van der Waals surface area contributed by atoms with Gasteiger partial charge in [-0.05, 0) is 41.5 Å². The SMILES string of the molecule is COc1cc(/C=N\NC(=O)Cc2cccc(C(F)(F)F)c2)ccc1OCc1ccccc1C#N. The van der Waals surface area contributed by atoms with Crippen LogP contribution in [-0.4, -0.2) is 19.2 Å². The summed E-state index contributed by atoms with van der Waals surface area (Å²) in [5.41, 5.74) is 3.56. The number of benzene rings is 3. The van der Waals surface area contributed by atoms with Crippen molar-refractivity contribution in [1.82, 2.24) is 5.43 Å². The fraction of sp³-hybridized carbons (Fsp3) is 0.160. The first-order valence-corrected chi connectivity index (χ1v) is 10.1. The van der Waals surface area contributed by atoms with Crippen LogP contribution in [0.4, 0.5) is 13.2 Å². The van der Waals surface area contributed by atoms with Crippen molar-refractivity contribution in [2.75, 3.05) is 7.11 Å². The molecule has 0 heterocycles. The standard InChI is InChI=1S/C25H20F3N3O3/c1-33-23-12-18(9-10-22(23)34-16-20-7-3-2-6-19(20)14-29)15-30-31-24(32)13-17-5-4-8-21(11-17)25(26,27)28/h2-12,15H,13,16H2,1H3,(H,31,32)/b30-15-. The molecular weight excluding hydrogens is 447 g/mol. The number of rotatable bonds is 8. The molecule has 6 nitrogen and oxygen atoms in total. The van der Waals surface area contributed by atoms with E-state index in [0.29, 0.717) is 22.6 Å². The summed E-state index contributed by atoms with van der Waals surface area (Å²) >= 11 is 0. The molecule has 0 atom stereocenters. The summed E-state index contributed by atoms with van der Waals surface area (Å²) in [5.74, 6) is 0.327. The zero-order chi connectivity index (χ0) is 24.6. The number of nitriles is 1. The Bertz CT molecular complexity index is 1230. The van der Waals surface area contributed by atoms with E-state index in [-0.39, 0.29) is 18.6 Å². The van der Waals surface area contributed by atoms with Crippen molar-refractivity contribution in [3.8, 4) is 17.6 Å². The smallest absolute Gasteiger partial charge is 0.416 e. The predicted octanol–water partition coefficient (Wildman–Crippen LogP) is 4.86. The fourth-order valence-corrected chi connectivity index (χ4v) is 3.06. The van der Waals surface area contributed by atoms with E-state index in [1.807, 2.05) is 6.07 Å². The van der Waals surface area contributed by atoms with Crippen LogP contribution in [0.25, 0.3) is 0 Å². The predicted molar refractivity (Wildman–Crippen MR) is 119 cm³/mol. The second-order valence-electron chi connectivity index (χ2n) is 7.14. The van der Waals surface area contributed by atoms with Gasteiger partial charge >= 0.3 is 6.18 Å². The van der Waals surface area contributed by atoms with Gasteiger partial charge in [-0.3, -0.25) is 4.79 Å².